The second-order valence-corrected chi connectivity index (χ2v) is 6.82. The van der Waals surface area contributed by atoms with E-state index in [1.807, 2.05) is 39.8 Å². The third-order valence-corrected chi connectivity index (χ3v) is 4.50. The predicted molar refractivity (Wildman–Crippen MR) is 81.3 cm³/mol. The summed E-state index contributed by atoms with van der Waals surface area (Å²) in [6, 6.07) is 3.68. The van der Waals surface area contributed by atoms with Gasteiger partial charge in [-0.2, -0.15) is 0 Å². The number of amides is 1. The second-order valence-electron chi connectivity index (χ2n) is 6.82. The van der Waals surface area contributed by atoms with Gasteiger partial charge in [0.2, 0.25) is 5.91 Å². The first-order valence-corrected chi connectivity index (χ1v) is 7.41. The van der Waals surface area contributed by atoms with E-state index in [2.05, 4.69) is 10.3 Å². The topological polar surface area (TPSA) is 60.5 Å². The number of pyridine rings is 1. The van der Waals surface area contributed by atoms with E-state index in [9.17, 15) is 4.79 Å². The maximum absolute atomic E-state index is 11.7. The van der Waals surface area contributed by atoms with Crippen molar-refractivity contribution in [3.8, 4) is 0 Å². The Balaban J connectivity index is 1.68. The third-order valence-electron chi connectivity index (χ3n) is 4.50. The average Bonchev–Trinajstić information content (AvgIpc) is 3.19. The molecule has 2 aliphatic rings. The van der Waals surface area contributed by atoms with E-state index in [1.54, 1.807) is 6.20 Å². The van der Waals surface area contributed by atoms with Gasteiger partial charge in [0.25, 0.3) is 0 Å². The summed E-state index contributed by atoms with van der Waals surface area (Å²) in [7, 11) is -0.469. The van der Waals surface area contributed by atoms with Crippen LogP contribution in [-0.4, -0.2) is 29.2 Å². The Morgan fingerprint density at radius 2 is 1.86 bits per heavy atom. The van der Waals surface area contributed by atoms with Crippen LogP contribution >= 0.6 is 0 Å². The number of carbonyl (C=O) groups excluding carboxylic acids is 1. The van der Waals surface area contributed by atoms with Crippen molar-refractivity contribution >= 4 is 24.3 Å². The Morgan fingerprint density at radius 3 is 2.33 bits per heavy atom. The van der Waals surface area contributed by atoms with Crippen LogP contribution in [0.1, 0.15) is 40.5 Å². The van der Waals surface area contributed by atoms with Gasteiger partial charge in [-0.15, -0.1) is 0 Å². The van der Waals surface area contributed by atoms with E-state index in [0.717, 1.165) is 18.4 Å². The summed E-state index contributed by atoms with van der Waals surface area (Å²) >= 11 is 0. The molecule has 1 N–H and O–H groups in total. The van der Waals surface area contributed by atoms with Crippen molar-refractivity contribution < 1.29 is 14.1 Å². The van der Waals surface area contributed by atoms with Crippen LogP contribution in [0.2, 0.25) is 0 Å². The molecule has 0 aromatic carbocycles. The number of hydrogen-bond acceptors (Lipinski definition) is 4. The van der Waals surface area contributed by atoms with Crippen molar-refractivity contribution in [3.63, 3.8) is 0 Å². The van der Waals surface area contributed by atoms with Gasteiger partial charge < -0.3 is 14.6 Å². The molecule has 0 radical (unpaired) electrons. The van der Waals surface area contributed by atoms with E-state index < -0.39 is 7.12 Å². The summed E-state index contributed by atoms with van der Waals surface area (Å²) < 4.78 is 11.9. The summed E-state index contributed by atoms with van der Waals surface area (Å²) in [6.07, 6.45) is 3.64. The fraction of sp³-hybridized carbons (Fsp3) is 0.600. The Labute approximate surface area is 125 Å². The molecule has 1 saturated carbocycles. The molecule has 6 heteroatoms. The maximum Gasteiger partial charge on any atom is 0.514 e. The number of nitrogens with one attached hydrogen (secondary N) is 1. The summed E-state index contributed by atoms with van der Waals surface area (Å²) in [5, 5.41) is 2.87. The van der Waals surface area contributed by atoms with Crippen LogP contribution in [0.3, 0.4) is 0 Å². The highest BCUT2D eigenvalue weighted by molar-refractivity contribution is 6.61. The molecule has 1 aliphatic carbocycles. The van der Waals surface area contributed by atoms with E-state index in [0.29, 0.717) is 5.69 Å². The zero-order valence-corrected chi connectivity index (χ0v) is 13.0. The first-order valence-electron chi connectivity index (χ1n) is 7.41. The van der Waals surface area contributed by atoms with Crippen LogP contribution in [0.5, 0.6) is 0 Å². The first-order chi connectivity index (χ1) is 9.78. The lowest BCUT2D eigenvalue weighted by Gasteiger charge is -2.32. The summed E-state index contributed by atoms with van der Waals surface area (Å²) in [4.78, 5) is 16.1. The molecule has 1 aromatic rings. The van der Waals surface area contributed by atoms with E-state index >= 15 is 0 Å². The fourth-order valence-corrected chi connectivity index (χ4v) is 2.17. The van der Waals surface area contributed by atoms with Gasteiger partial charge in [-0.05, 0) is 52.7 Å². The van der Waals surface area contributed by atoms with Gasteiger partial charge in [-0.3, -0.25) is 9.78 Å². The predicted octanol–water partition coefficient (Wildman–Crippen LogP) is 1.73. The Morgan fingerprint density at radius 1 is 1.24 bits per heavy atom. The number of carbonyl (C=O) groups is 1. The molecule has 0 unspecified atom stereocenters. The minimum Gasteiger partial charge on any atom is -0.398 e. The van der Waals surface area contributed by atoms with Crippen LogP contribution in [-0.2, 0) is 14.1 Å². The molecule has 1 aliphatic heterocycles. The lowest BCUT2D eigenvalue weighted by atomic mass is 9.84. The monoisotopic (exact) mass is 288 g/mol. The van der Waals surface area contributed by atoms with Crippen molar-refractivity contribution in [2.75, 3.05) is 5.32 Å². The number of nitrogens with zero attached hydrogens (tertiary/aromatic N) is 1. The fourth-order valence-electron chi connectivity index (χ4n) is 2.17. The lowest BCUT2D eigenvalue weighted by molar-refractivity contribution is -0.117. The van der Waals surface area contributed by atoms with Crippen LogP contribution in [0.15, 0.2) is 18.3 Å². The number of aromatic nitrogens is 1. The normalized spacial score (nSPS) is 23.1. The molecule has 2 heterocycles. The van der Waals surface area contributed by atoms with Gasteiger partial charge in [0.1, 0.15) is 0 Å². The molecule has 2 fully saturated rings. The standard InChI is InChI=1S/C15H21BN2O3/c1-14(2)15(3,4)21-16(20-14)12-8-7-11(9-17-12)18-13(19)10-5-6-10/h7-10H,5-6H2,1-4H3,(H,18,19). The van der Waals surface area contributed by atoms with Crippen LogP contribution in [0, 0.1) is 5.92 Å². The largest absolute Gasteiger partial charge is 0.514 e. The highest BCUT2D eigenvalue weighted by atomic mass is 16.7. The summed E-state index contributed by atoms with van der Waals surface area (Å²) in [5.74, 6) is 0.271. The van der Waals surface area contributed by atoms with Gasteiger partial charge in [0.05, 0.1) is 22.5 Å². The molecule has 112 valence electrons. The van der Waals surface area contributed by atoms with Crippen LogP contribution < -0.4 is 10.9 Å². The van der Waals surface area contributed by atoms with Gasteiger partial charge >= 0.3 is 7.12 Å². The minimum atomic E-state index is -0.469. The minimum absolute atomic E-state index is 0.0835. The molecule has 0 atom stereocenters. The molecule has 1 saturated heterocycles. The summed E-state index contributed by atoms with van der Waals surface area (Å²) in [5.41, 5.74) is 0.682. The smallest absolute Gasteiger partial charge is 0.398 e. The van der Waals surface area contributed by atoms with Crippen molar-refractivity contribution in [2.45, 2.75) is 51.7 Å². The Hall–Kier alpha value is -1.40. The van der Waals surface area contributed by atoms with E-state index in [4.69, 9.17) is 9.31 Å². The molecule has 3 rings (SSSR count). The molecule has 1 amide bonds. The van der Waals surface area contributed by atoms with Gasteiger partial charge in [-0.25, -0.2) is 0 Å². The number of hydrogen-bond donors (Lipinski definition) is 1. The van der Waals surface area contributed by atoms with Gasteiger partial charge in [-0.1, -0.05) is 0 Å². The Bertz CT molecular complexity index is 537. The molecule has 1 aromatic heterocycles. The van der Waals surface area contributed by atoms with Gasteiger partial charge in [0.15, 0.2) is 0 Å². The van der Waals surface area contributed by atoms with Crippen LogP contribution in [0.25, 0.3) is 0 Å². The van der Waals surface area contributed by atoms with Crippen LogP contribution in [0.4, 0.5) is 5.69 Å². The third kappa shape index (κ3) is 2.83. The van der Waals surface area contributed by atoms with Crippen molar-refractivity contribution in [2.24, 2.45) is 5.92 Å². The molecule has 0 spiro atoms. The average molecular weight is 288 g/mol. The van der Waals surface area contributed by atoms with E-state index in [-0.39, 0.29) is 23.0 Å². The maximum atomic E-state index is 11.7. The van der Waals surface area contributed by atoms with Crippen molar-refractivity contribution in [3.05, 3.63) is 18.3 Å². The first kappa shape index (κ1) is 14.5. The highest BCUT2D eigenvalue weighted by Gasteiger charge is 2.52. The SMILES string of the molecule is CC1(C)OB(c2ccc(NC(=O)C3CC3)cn2)OC1(C)C. The van der Waals surface area contributed by atoms with Crippen molar-refractivity contribution in [1.29, 1.82) is 0 Å². The quantitative estimate of drug-likeness (QED) is 0.860. The van der Waals surface area contributed by atoms with E-state index in [1.165, 1.54) is 0 Å². The molecule has 21 heavy (non-hydrogen) atoms. The zero-order chi connectivity index (χ0) is 15.3. The highest BCUT2D eigenvalue weighted by Crippen LogP contribution is 2.36. The molecular formula is C15H21BN2O3. The molecule has 5 nitrogen and oxygen atoms in total. The zero-order valence-electron chi connectivity index (χ0n) is 13.0. The Kier molecular flexibility index (Phi) is 3.33. The lowest BCUT2D eigenvalue weighted by Crippen LogP contribution is -2.41. The number of anilines is 1. The molecule has 0 bridgehead atoms. The van der Waals surface area contributed by atoms with Crippen molar-refractivity contribution in [1.82, 2.24) is 4.98 Å². The summed E-state index contributed by atoms with van der Waals surface area (Å²) in [6.45, 7) is 8.04. The van der Waals surface area contributed by atoms with Gasteiger partial charge in [0, 0.05) is 12.1 Å². The second kappa shape index (κ2) is 4.82. The molecular weight excluding hydrogens is 267 g/mol. The number of rotatable bonds is 3.